The van der Waals surface area contributed by atoms with Crippen LogP contribution >= 0.6 is 0 Å². The van der Waals surface area contributed by atoms with E-state index in [1.54, 1.807) is 30.5 Å². The van der Waals surface area contributed by atoms with Crippen molar-refractivity contribution in [1.29, 1.82) is 0 Å². The minimum absolute atomic E-state index is 0.0996. The van der Waals surface area contributed by atoms with Gasteiger partial charge in [0.05, 0.1) is 18.3 Å². The maximum Gasteiger partial charge on any atom is 0.254 e. The van der Waals surface area contributed by atoms with Crippen molar-refractivity contribution >= 4 is 27.6 Å². The van der Waals surface area contributed by atoms with Gasteiger partial charge in [0.1, 0.15) is 5.75 Å². The summed E-state index contributed by atoms with van der Waals surface area (Å²) < 4.78 is 17.8. The van der Waals surface area contributed by atoms with Crippen molar-refractivity contribution in [2.75, 3.05) is 19.9 Å². The van der Waals surface area contributed by atoms with Crippen LogP contribution in [-0.4, -0.2) is 45.1 Å². The number of hydrogen-bond donors (Lipinski definition) is 1. The average molecular weight is 448 g/mol. The van der Waals surface area contributed by atoms with E-state index in [-0.39, 0.29) is 5.91 Å². The molecule has 1 aromatic heterocycles. The predicted octanol–water partition coefficient (Wildman–Crippen LogP) is 4.64. The fraction of sp³-hybridized carbons (Fsp3) is 0.200. The number of carbonyl (C=O) groups is 1. The third-order valence-electron chi connectivity index (χ3n) is 5.32. The summed E-state index contributed by atoms with van der Waals surface area (Å²) in [7, 11) is 0.707. The van der Waals surface area contributed by atoms with Gasteiger partial charge in [0.2, 0.25) is 0 Å². The van der Waals surface area contributed by atoms with Gasteiger partial charge in [0.25, 0.3) is 5.91 Å². The standard InChI is InChI=1S/C25H25N3O3S/c1-4-31-23-14-18(11-12-22(23)17-7-6-10-21(13-17)32(3)30)25(29)28(2)16-20-9-5-8-19-15-26-27-24(19)20/h5-15H,4,16H2,1-3H3,(H,26,27). The lowest BCUT2D eigenvalue weighted by Crippen LogP contribution is -2.26. The Labute approximate surface area is 189 Å². The lowest BCUT2D eigenvalue weighted by molar-refractivity contribution is 0.0785. The van der Waals surface area contributed by atoms with Crippen molar-refractivity contribution in [1.82, 2.24) is 15.1 Å². The monoisotopic (exact) mass is 447 g/mol. The third-order valence-corrected chi connectivity index (χ3v) is 6.24. The first-order valence-corrected chi connectivity index (χ1v) is 11.9. The number of amides is 1. The van der Waals surface area contributed by atoms with Crippen LogP contribution in [0, 0.1) is 0 Å². The van der Waals surface area contributed by atoms with Crippen LogP contribution < -0.4 is 4.74 Å². The second-order valence-corrected chi connectivity index (χ2v) is 8.92. The Morgan fingerprint density at radius 2 is 1.94 bits per heavy atom. The second-order valence-electron chi connectivity index (χ2n) is 7.54. The third kappa shape index (κ3) is 4.43. The van der Waals surface area contributed by atoms with Crippen LogP contribution in [0.3, 0.4) is 0 Å². The lowest BCUT2D eigenvalue weighted by Gasteiger charge is -2.19. The van der Waals surface area contributed by atoms with Crippen molar-refractivity contribution in [2.45, 2.75) is 18.4 Å². The van der Waals surface area contributed by atoms with Crippen LogP contribution in [0.2, 0.25) is 0 Å². The Morgan fingerprint density at radius 3 is 2.72 bits per heavy atom. The molecule has 0 fully saturated rings. The normalized spacial score (nSPS) is 12.0. The fourth-order valence-corrected chi connectivity index (χ4v) is 4.28. The van der Waals surface area contributed by atoms with E-state index >= 15 is 0 Å². The molecule has 0 spiro atoms. The first kappa shape index (κ1) is 21.8. The predicted molar refractivity (Wildman–Crippen MR) is 127 cm³/mol. The number of aromatic amines is 1. The summed E-state index contributed by atoms with van der Waals surface area (Å²) in [5.41, 5.74) is 4.25. The number of para-hydroxylation sites is 1. The average Bonchev–Trinajstić information content (AvgIpc) is 3.29. The Hall–Kier alpha value is -3.45. The van der Waals surface area contributed by atoms with Gasteiger partial charge in [-0.2, -0.15) is 5.10 Å². The molecule has 1 atom stereocenters. The summed E-state index contributed by atoms with van der Waals surface area (Å²) in [5.74, 6) is 0.527. The van der Waals surface area contributed by atoms with E-state index < -0.39 is 10.8 Å². The number of nitrogens with zero attached hydrogens (tertiary/aromatic N) is 2. The SMILES string of the molecule is CCOc1cc(C(=O)N(C)Cc2cccc3cn[nH]c23)ccc1-c1cccc(S(C)=O)c1. The highest BCUT2D eigenvalue weighted by Crippen LogP contribution is 2.32. The molecule has 1 heterocycles. The highest BCUT2D eigenvalue weighted by atomic mass is 32.2. The molecule has 1 amide bonds. The van der Waals surface area contributed by atoms with E-state index in [0.29, 0.717) is 24.5 Å². The number of carbonyl (C=O) groups excluding carboxylic acids is 1. The molecule has 1 N–H and O–H groups in total. The summed E-state index contributed by atoms with van der Waals surface area (Å²) >= 11 is 0. The molecule has 1 unspecified atom stereocenters. The van der Waals surface area contributed by atoms with E-state index in [1.165, 1.54) is 0 Å². The van der Waals surface area contributed by atoms with Gasteiger partial charge in [-0.1, -0.05) is 30.3 Å². The smallest absolute Gasteiger partial charge is 0.254 e. The number of rotatable bonds is 7. The van der Waals surface area contributed by atoms with E-state index in [2.05, 4.69) is 10.2 Å². The lowest BCUT2D eigenvalue weighted by atomic mass is 10.0. The van der Waals surface area contributed by atoms with Crippen LogP contribution in [0.5, 0.6) is 5.75 Å². The van der Waals surface area contributed by atoms with Gasteiger partial charge >= 0.3 is 0 Å². The molecular weight excluding hydrogens is 422 g/mol. The Balaban J connectivity index is 1.63. The van der Waals surface area contributed by atoms with Crippen LogP contribution in [0.4, 0.5) is 0 Å². The van der Waals surface area contributed by atoms with E-state index in [0.717, 1.165) is 32.5 Å². The highest BCUT2D eigenvalue weighted by molar-refractivity contribution is 7.84. The van der Waals surface area contributed by atoms with E-state index in [4.69, 9.17) is 4.74 Å². The van der Waals surface area contributed by atoms with Gasteiger partial charge in [-0.25, -0.2) is 0 Å². The number of nitrogens with one attached hydrogen (secondary N) is 1. The van der Waals surface area contributed by atoms with Gasteiger partial charge in [-0.15, -0.1) is 0 Å². The van der Waals surface area contributed by atoms with Gasteiger partial charge < -0.3 is 9.64 Å². The van der Waals surface area contributed by atoms with Crippen molar-refractivity contribution in [3.8, 4) is 16.9 Å². The first-order chi connectivity index (χ1) is 15.5. The molecule has 0 radical (unpaired) electrons. The molecule has 4 rings (SSSR count). The summed E-state index contributed by atoms with van der Waals surface area (Å²) in [6.07, 6.45) is 3.43. The fourth-order valence-electron chi connectivity index (χ4n) is 3.72. The van der Waals surface area contributed by atoms with Crippen LogP contribution in [0.1, 0.15) is 22.8 Å². The highest BCUT2D eigenvalue weighted by Gasteiger charge is 2.17. The van der Waals surface area contributed by atoms with Gasteiger partial charge in [0, 0.05) is 52.1 Å². The molecular formula is C25H25N3O3S. The molecule has 0 saturated heterocycles. The molecule has 164 valence electrons. The van der Waals surface area contributed by atoms with Crippen molar-refractivity contribution < 1.29 is 13.7 Å². The molecule has 32 heavy (non-hydrogen) atoms. The maximum atomic E-state index is 13.2. The zero-order chi connectivity index (χ0) is 22.7. The van der Waals surface area contributed by atoms with Crippen LogP contribution in [-0.2, 0) is 17.3 Å². The quantitative estimate of drug-likeness (QED) is 0.448. The largest absolute Gasteiger partial charge is 0.493 e. The number of aromatic nitrogens is 2. The molecule has 0 aliphatic rings. The van der Waals surface area contributed by atoms with E-state index in [9.17, 15) is 9.00 Å². The molecule has 0 bridgehead atoms. The molecule has 4 aromatic rings. The zero-order valence-electron chi connectivity index (χ0n) is 18.3. The van der Waals surface area contributed by atoms with Crippen LogP contribution in [0.15, 0.2) is 71.8 Å². The second kappa shape index (κ2) is 9.36. The molecule has 0 aliphatic heterocycles. The molecule has 7 heteroatoms. The van der Waals surface area contributed by atoms with E-state index in [1.807, 2.05) is 61.5 Å². The Morgan fingerprint density at radius 1 is 1.12 bits per heavy atom. The minimum atomic E-state index is -1.08. The van der Waals surface area contributed by atoms with Crippen molar-refractivity contribution in [3.63, 3.8) is 0 Å². The molecule has 6 nitrogen and oxygen atoms in total. The topological polar surface area (TPSA) is 75.3 Å². The summed E-state index contributed by atoms with van der Waals surface area (Å²) in [5, 5.41) is 8.12. The number of benzene rings is 3. The van der Waals surface area contributed by atoms with Crippen LogP contribution in [0.25, 0.3) is 22.0 Å². The van der Waals surface area contributed by atoms with Crippen molar-refractivity contribution in [3.05, 3.63) is 78.0 Å². The zero-order valence-corrected chi connectivity index (χ0v) is 19.1. The van der Waals surface area contributed by atoms with Gasteiger partial charge in [-0.05, 0) is 48.4 Å². The number of fused-ring (bicyclic) bond motifs is 1. The summed E-state index contributed by atoms with van der Waals surface area (Å²) in [6, 6.07) is 19.0. The molecule has 0 aliphatic carbocycles. The molecule has 3 aromatic carbocycles. The number of ether oxygens (including phenoxy) is 1. The van der Waals surface area contributed by atoms with Crippen molar-refractivity contribution in [2.24, 2.45) is 0 Å². The summed E-state index contributed by atoms with van der Waals surface area (Å²) in [4.78, 5) is 15.6. The Kier molecular flexibility index (Phi) is 6.37. The minimum Gasteiger partial charge on any atom is -0.493 e. The first-order valence-electron chi connectivity index (χ1n) is 10.3. The Bertz CT molecular complexity index is 1300. The number of H-pyrrole nitrogens is 1. The molecule has 0 saturated carbocycles. The maximum absolute atomic E-state index is 13.2. The van der Waals surface area contributed by atoms with Gasteiger partial charge in [0.15, 0.2) is 0 Å². The summed E-state index contributed by atoms with van der Waals surface area (Å²) in [6.45, 7) is 2.84. The number of hydrogen-bond acceptors (Lipinski definition) is 4. The van der Waals surface area contributed by atoms with Gasteiger partial charge in [-0.3, -0.25) is 14.1 Å².